The van der Waals surface area contributed by atoms with Crippen LogP contribution in [0.4, 0.5) is 46.5 Å². The van der Waals surface area contributed by atoms with Gasteiger partial charge in [-0.3, -0.25) is 19.4 Å². The van der Waals surface area contributed by atoms with Crippen molar-refractivity contribution in [3.05, 3.63) is 124 Å². The Morgan fingerprint density at radius 1 is 0.592 bits per heavy atom. The number of piperidine rings is 2. The molecule has 0 radical (unpaired) electrons. The molecular weight excluding hydrogens is 1300 g/mol. The van der Waals surface area contributed by atoms with Crippen LogP contribution >= 0.6 is 12.4 Å². The Morgan fingerprint density at radius 2 is 1.00 bits per heavy atom. The second kappa shape index (κ2) is 30.5. The molecule has 8 aliphatic rings. The maximum atomic E-state index is 17.7. The van der Waals surface area contributed by atoms with Crippen LogP contribution in [0, 0.1) is 29.1 Å². The minimum atomic E-state index is -4.51. The highest BCUT2D eigenvalue weighted by Crippen LogP contribution is 2.50. The van der Waals surface area contributed by atoms with Crippen molar-refractivity contribution in [3.63, 3.8) is 0 Å². The Labute approximate surface area is 574 Å². The third-order valence-corrected chi connectivity index (χ3v) is 22.6. The molecule has 13 rings (SSSR count). The number of amides is 2. The summed E-state index contributed by atoms with van der Waals surface area (Å²) in [6.07, 6.45) is -1.98. The largest absolute Gasteiger partial charge is 0.497 e. The number of aromatic nitrogens is 4. The van der Waals surface area contributed by atoms with Gasteiger partial charge in [-0.05, 0) is 134 Å². The smallest absolute Gasteiger partial charge is 0.416 e. The number of H-pyrrole nitrogens is 1. The molecule has 8 fully saturated rings. The van der Waals surface area contributed by atoms with E-state index in [0.29, 0.717) is 146 Å². The number of likely N-dealkylation sites (tertiary alicyclic amines) is 4. The number of alkyl halides is 8. The molecule has 1 N–H and O–H groups in total. The van der Waals surface area contributed by atoms with E-state index in [4.69, 9.17) is 18.9 Å². The summed E-state index contributed by atoms with van der Waals surface area (Å²) in [6, 6.07) is 25.0. The fraction of sp³-hybridized carbons (Fsp3) is 0.611. The SMILES string of the molecule is CC[C@H]1CN(C(=O)[C@]2(F)CN(C3CCOCC3)C[C@H]2c2ccc(OC)cc2)C[C@@H]1c1ccc(C(F)(F)F)cc1N1CCC(C#N)CC1.CC[C@H]1CN(C(=O)[C@]2(F)CN(C3CCOCC3)C[C@H]2c2ccc(OC)cc2)C[C@@H]1c1ccc(C(F)(F)F)cc1N1CCC(c2nn[nH]n2)CC1.Cl. The van der Waals surface area contributed by atoms with E-state index in [1.165, 1.54) is 12.1 Å². The van der Waals surface area contributed by atoms with E-state index >= 15 is 8.78 Å². The summed E-state index contributed by atoms with van der Waals surface area (Å²) in [6.45, 7) is 10.5. The van der Waals surface area contributed by atoms with Crippen LogP contribution in [0.5, 0.6) is 11.5 Å². The number of benzene rings is 4. The van der Waals surface area contributed by atoms with Crippen molar-refractivity contribution in [3.8, 4) is 17.6 Å². The number of aromatic amines is 1. The van der Waals surface area contributed by atoms with Crippen LogP contribution in [-0.2, 0) is 31.4 Å². The molecule has 0 aliphatic carbocycles. The number of hydrogen-bond donors (Lipinski definition) is 1. The van der Waals surface area contributed by atoms with E-state index in [2.05, 4.69) is 36.5 Å². The van der Waals surface area contributed by atoms with Crippen LogP contribution in [0.15, 0.2) is 84.9 Å². The zero-order chi connectivity index (χ0) is 68.4. The van der Waals surface area contributed by atoms with Crippen molar-refractivity contribution >= 4 is 35.6 Å². The number of nitrogens with one attached hydrogen (secondary N) is 1. The van der Waals surface area contributed by atoms with Crippen LogP contribution in [0.1, 0.15) is 147 Å². The van der Waals surface area contributed by atoms with Crippen molar-refractivity contribution in [1.29, 1.82) is 5.26 Å². The summed E-state index contributed by atoms with van der Waals surface area (Å²) in [7, 11) is 3.15. The van der Waals surface area contributed by atoms with Gasteiger partial charge in [0.1, 0.15) is 11.5 Å². The highest BCUT2D eigenvalue weighted by Gasteiger charge is 2.59. The standard InChI is InChI=1S/C36H45F4N7O3.C36H44F4N4O3.ClH/c1-3-23-19-46(34(48)35(37)22-47(27-12-16-50-17-13-27)21-31(35)24-4-7-28(49-2)8-5-24)20-30(23)29-9-6-26(36(38,39)40)18-32(29)45-14-10-25(11-15-45)33-41-43-44-42-33;1-3-25-20-43(21-31(25)30-9-6-27(36(38,39)40)18-33(30)42-14-10-24(19-41)11-15-42)34(45)35(37)23-44(28-12-16-47-17-13-28)22-32(35)26-4-7-29(46-2)8-5-26;/h4-9,18,23,25,27,30-31H,3,10-17,19-22H2,1-2H3,(H,41,42,43,44);4-9,18,24-25,28,31-32H,3,10-17,20-23H2,1-2H3;1H/t23-,30-,31-,35-;25-,31-,32-,35-;/m00./s1. The Balaban J connectivity index is 0.000000197. The second-order valence-corrected chi connectivity index (χ2v) is 27.9. The maximum absolute atomic E-state index is 17.7. The van der Waals surface area contributed by atoms with Crippen LogP contribution in [0.3, 0.4) is 0 Å². The zero-order valence-electron chi connectivity index (χ0n) is 56.1. The average Bonchev–Trinajstić information content (AvgIpc) is 1.59. The number of halogens is 9. The molecule has 98 heavy (non-hydrogen) atoms. The quantitative estimate of drug-likeness (QED) is 0.0983. The van der Waals surface area contributed by atoms with E-state index in [-0.39, 0.29) is 86.2 Å². The van der Waals surface area contributed by atoms with Crippen molar-refractivity contribution in [2.45, 2.75) is 143 Å². The van der Waals surface area contributed by atoms with E-state index < -0.39 is 58.5 Å². The highest BCUT2D eigenvalue weighted by atomic mass is 35.5. The third-order valence-electron chi connectivity index (χ3n) is 22.6. The summed E-state index contributed by atoms with van der Waals surface area (Å²) in [5, 5.41) is 23.8. The summed E-state index contributed by atoms with van der Waals surface area (Å²) in [4.78, 5) is 40.5. The number of nitrogens with zero attached hydrogens (tertiary/aromatic N) is 10. The van der Waals surface area contributed by atoms with Crippen molar-refractivity contribution in [2.24, 2.45) is 17.8 Å². The van der Waals surface area contributed by atoms with E-state index in [1.807, 2.05) is 47.9 Å². The van der Waals surface area contributed by atoms with E-state index in [9.17, 15) is 41.2 Å². The van der Waals surface area contributed by atoms with Crippen LogP contribution in [-0.4, -0.2) is 195 Å². The molecule has 8 saturated heterocycles. The summed E-state index contributed by atoms with van der Waals surface area (Å²) in [5.74, 6) is -1.13. The number of ether oxygens (including phenoxy) is 4. The van der Waals surface area contributed by atoms with Gasteiger partial charge in [0.15, 0.2) is 5.82 Å². The molecule has 5 aromatic rings. The maximum Gasteiger partial charge on any atom is 0.416 e. The van der Waals surface area contributed by atoms with Gasteiger partial charge in [0.05, 0.1) is 31.4 Å². The molecule has 532 valence electrons. The van der Waals surface area contributed by atoms with Crippen LogP contribution in [0.25, 0.3) is 0 Å². The molecule has 0 bridgehead atoms. The Hall–Kier alpha value is -6.85. The first kappa shape index (κ1) is 72.4. The molecule has 8 aliphatic heterocycles. The number of rotatable bonds is 15. The van der Waals surface area contributed by atoms with E-state index in [1.54, 1.807) is 60.4 Å². The number of nitriles is 1. The lowest BCUT2D eigenvalue weighted by molar-refractivity contribution is -0.144. The van der Waals surface area contributed by atoms with E-state index in [0.717, 1.165) is 60.1 Å². The lowest BCUT2D eigenvalue weighted by Gasteiger charge is -2.35. The van der Waals surface area contributed by atoms with Gasteiger partial charge in [-0.1, -0.05) is 68.3 Å². The number of carbonyl (C=O) groups excluding carboxylic acids is 2. The summed E-state index contributed by atoms with van der Waals surface area (Å²) < 4.78 is 141. The molecule has 0 spiro atoms. The molecule has 1 aromatic heterocycles. The molecule has 4 aromatic carbocycles. The summed E-state index contributed by atoms with van der Waals surface area (Å²) in [5.41, 5.74) is -1.71. The summed E-state index contributed by atoms with van der Waals surface area (Å²) >= 11 is 0. The lowest BCUT2D eigenvalue weighted by Crippen LogP contribution is -2.50. The monoisotopic (exact) mass is 1390 g/mol. The van der Waals surface area contributed by atoms with Gasteiger partial charge in [0.2, 0.25) is 11.3 Å². The van der Waals surface area contributed by atoms with Crippen molar-refractivity contribution in [2.75, 3.05) is 129 Å². The zero-order valence-corrected chi connectivity index (χ0v) is 56.9. The van der Waals surface area contributed by atoms with Gasteiger partial charge in [0, 0.05) is 164 Å². The Bertz CT molecular complexity index is 3530. The average molecular weight is 1390 g/mol. The Kier molecular flexibility index (Phi) is 22.6. The highest BCUT2D eigenvalue weighted by molar-refractivity contribution is 5.89. The molecular formula is C72H90ClF8N11O6. The van der Waals surface area contributed by atoms with Crippen LogP contribution in [0.2, 0.25) is 0 Å². The number of carbonyl (C=O) groups is 2. The molecule has 2 amide bonds. The minimum absolute atomic E-state index is 0. The van der Waals surface area contributed by atoms with Gasteiger partial charge < -0.3 is 38.5 Å². The van der Waals surface area contributed by atoms with Gasteiger partial charge in [-0.25, -0.2) is 8.78 Å². The fourth-order valence-electron chi connectivity index (χ4n) is 16.9. The number of tetrazole rings is 1. The molecule has 0 saturated carbocycles. The predicted octanol–water partition coefficient (Wildman–Crippen LogP) is 12.4. The molecule has 9 heterocycles. The predicted molar refractivity (Wildman–Crippen MR) is 355 cm³/mol. The molecule has 0 unspecified atom stereocenters. The van der Waals surface area contributed by atoms with Gasteiger partial charge in [-0.2, -0.15) is 36.8 Å². The first-order valence-electron chi connectivity index (χ1n) is 34.6. The first-order valence-corrected chi connectivity index (χ1v) is 34.6. The second-order valence-electron chi connectivity index (χ2n) is 27.9. The molecule has 26 heteroatoms. The van der Waals surface area contributed by atoms with Gasteiger partial charge >= 0.3 is 12.4 Å². The topological polar surface area (TPSA) is 169 Å². The Morgan fingerprint density at radius 3 is 1.36 bits per heavy atom. The van der Waals surface area contributed by atoms with Gasteiger partial charge in [0.25, 0.3) is 11.8 Å². The minimum Gasteiger partial charge on any atom is -0.497 e. The third kappa shape index (κ3) is 15.1. The first-order chi connectivity index (χ1) is 46.6. The molecule has 17 nitrogen and oxygen atoms in total. The number of anilines is 2. The van der Waals surface area contributed by atoms with Crippen molar-refractivity contribution in [1.82, 2.24) is 40.2 Å². The normalized spacial score (nSPS) is 27.4. The number of hydrogen-bond acceptors (Lipinski definition) is 14. The van der Waals surface area contributed by atoms with Gasteiger partial charge in [-0.15, -0.1) is 22.6 Å². The lowest BCUT2D eigenvalue weighted by atomic mass is 9.84. The molecule has 8 atom stereocenters. The van der Waals surface area contributed by atoms with Crippen molar-refractivity contribution < 1.29 is 63.7 Å². The number of methoxy groups -OCH3 is 2. The fourth-order valence-corrected chi connectivity index (χ4v) is 16.9. The van der Waals surface area contributed by atoms with Crippen LogP contribution < -0.4 is 19.3 Å².